The molecule has 0 radical (unpaired) electrons. The molecule has 3 rings (SSSR count). The number of rotatable bonds is 6. The first-order valence-electron chi connectivity index (χ1n) is 9.50. The summed E-state index contributed by atoms with van der Waals surface area (Å²) in [7, 11) is 0. The van der Waals surface area contributed by atoms with Gasteiger partial charge < -0.3 is 10.2 Å². The van der Waals surface area contributed by atoms with Crippen molar-refractivity contribution in [3.63, 3.8) is 0 Å². The third-order valence-corrected chi connectivity index (χ3v) is 5.45. The molecular weight excluding hydrogens is 350 g/mol. The fourth-order valence-electron chi connectivity index (χ4n) is 3.75. The molecule has 0 atom stereocenters. The van der Waals surface area contributed by atoms with Gasteiger partial charge in [-0.3, -0.25) is 14.6 Å². The monoisotopic (exact) mass is 375 g/mol. The molecule has 2 amide bonds. The molecule has 140 valence electrons. The van der Waals surface area contributed by atoms with E-state index in [1.54, 1.807) is 17.0 Å². The van der Waals surface area contributed by atoms with E-state index < -0.39 is 5.66 Å². The molecule has 0 unspecified atom stereocenters. The van der Waals surface area contributed by atoms with Gasteiger partial charge in [-0.1, -0.05) is 43.5 Å². The van der Waals surface area contributed by atoms with E-state index in [1.807, 2.05) is 12.1 Å². The van der Waals surface area contributed by atoms with E-state index in [1.165, 1.54) is 0 Å². The van der Waals surface area contributed by atoms with Crippen molar-refractivity contribution in [2.45, 2.75) is 57.5 Å². The van der Waals surface area contributed by atoms with Gasteiger partial charge in [-0.2, -0.15) is 0 Å². The Hall–Kier alpha value is -1.88. The summed E-state index contributed by atoms with van der Waals surface area (Å²) in [6, 6.07) is 7.17. The molecule has 2 aliphatic rings. The average Bonchev–Trinajstić information content (AvgIpc) is 2.89. The molecule has 1 heterocycles. The predicted molar refractivity (Wildman–Crippen MR) is 103 cm³/mol. The number of benzene rings is 1. The molecule has 26 heavy (non-hydrogen) atoms. The zero-order chi connectivity index (χ0) is 18.6. The molecule has 1 spiro atoms. The third kappa shape index (κ3) is 3.93. The molecule has 1 fully saturated rings. The van der Waals surface area contributed by atoms with Crippen molar-refractivity contribution < 1.29 is 9.59 Å². The lowest BCUT2D eigenvalue weighted by molar-refractivity contribution is -0.136. The fraction of sp³-hybridized carbons (Fsp3) is 0.550. The Morgan fingerprint density at radius 2 is 1.92 bits per heavy atom. The van der Waals surface area contributed by atoms with Crippen molar-refractivity contribution in [1.29, 1.82) is 0 Å². The highest BCUT2D eigenvalue weighted by molar-refractivity contribution is 6.47. The van der Waals surface area contributed by atoms with Crippen molar-refractivity contribution in [1.82, 2.24) is 10.2 Å². The maximum Gasteiger partial charge on any atom is 0.275 e. The van der Waals surface area contributed by atoms with E-state index in [0.717, 1.165) is 50.5 Å². The van der Waals surface area contributed by atoms with E-state index in [2.05, 4.69) is 12.2 Å². The maximum absolute atomic E-state index is 13.1. The normalized spacial score (nSPS) is 18.9. The van der Waals surface area contributed by atoms with Crippen LogP contribution in [-0.4, -0.2) is 41.2 Å². The molecule has 1 aromatic carbocycles. The number of hydrogen-bond donors (Lipinski definition) is 1. The molecule has 1 N–H and O–H groups in total. The molecule has 1 saturated carbocycles. The lowest BCUT2D eigenvalue weighted by Gasteiger charge is -2.38. The van der Waals surface area contributed by atoms with Gasteiger partial charge in [0.25, 0.3) is 5.91 Å². The van der Waals surface area contributed by atoms with Crippen LogP contribution in [0, 0.1) is 0 Å². The molecule has 1 aromatic rings. The largest absolute Gasteiger partial charge is 0.355 e. The van der Waals surface area contributed by atoms with E-state index in [-0.39, 0.29) is 18.4 Å². The summed E-state index contributed by atoms with van der Waals surface area (Å²) in [6.45, 7) is 2.80. The molecule has 0 saturated heterocycles. The Balaban J connectivity index is 1.82. The second-order valence-corrected chi connectivity index (χ2v) is 7.54. The van der Waals surface area contributed by atoms with Gasteiger partial charge in [-0.15, -0.1) is 0 Å². The van der Waals surface area contributed by atoms with Crippen molar-refractivity contribution in [3.05, 3.63) is 34.9 Å². The molecule has 6 heteroatoms. The highest BCUT2D eigenvalue weighted by Crippen LogP contribution is 2.39. The number of hydrogen-bond acceptors (Lipinski definition) is 3. The number of halogens is 1. The lowest BCUT2D eigenvalue weighted by Crippen LogP contribution is -2.52. The molecule has 5 nitrogen and oxygen atoms in total. The number of unbranched alkanes of at least 4 members (excludes halogenated alkanes) is 1. The zero-order valence-electron chi connectivity index (χ0n) is 15.3. The molecule has 1 aliphatic heterocycles. The minimum Gasteiger partial charge on any atom is -0.355 e. The van der Waals surface area contributed by atoms with Gasteiger partial charge in [-0.05, 0) is 44.2 Å². The summed E-state index contributed by atoms with van der Waals surface area (Å²) in [6.07, 6.45) is 6.81. The van der Waals surface area contributed by atoms with Crippen LogP contribution in [0.1, 0.15) is 57.4 Å². The summed E-state index contributed by atoms with van der Waals surface area (Å²) >= 11 is 5.97. The smallest absolute Gasteiger partial charge is 0.275 e. The van der Waals surface area contributed by atoms with Crippen LogP contribution >= 0.6 is 11.6 Å². The fourth-order valence-corrected chi connectivity index (χ4v) is 3.88. The van der Waals surface area contributed by atoms with Gasteiger partial charge in [0.1, 0.15) is 17.9 Å². The molecule has 0 aromatic heterocycles. The Morgan fingerprint density at radius 1 is 1.23 bits per heavy atom. The van der Waals surface area contributed by atoms with Gasteiger partial charge in [0, 0.05) is 17.1 Å². The number of nitrogens with zero attached hydrogens (tertiary/aromatic N) is 2. The van der Waals surface area contributed by atoms with E-state index in [0.29, 0.717) is 17.3 Å². The summed E-state index contributed by atoms with van der Waals surface area (Å²) < 4.78 is 0. The Kier molecular flexibility index (Phi) is 5.97. The first-order valence-corrected chi connectivity index (χ1v) is 9.88. The standard InChI is InChI=1S/C20H26ClN3O2/c1-2-3-13-22-17(25)14-24-19(26)18(15-7-9-16(21)10-8-15)23-20(24)11-5-4-6-12-20/h7-10H,2-6,11-14H2,1H3,(H,22,25). The van der Waals surface area contributed by atoms with Gasteiger partial charge in [-0.25, -0.2) is 0 Å². The first-order chi connectivity index (χ1) is 12.6. The summed E-state index contributed by atoms with van der Waals surface area (Å²) in [5, 5.41) is 3.54. The van der Waals surface area contributed by atoms with Gasteiger partial charge >= 0.3 is 0 Å². The molecule has 0 bridgehead atoms. The topological polar surface area (TPSA) is 61.8 Å². The molecular formula is C20H26ClN3O2. The van der Waals surface area contributed by atoms with Crippen LogP contribution in [0.15, 0.2) is 29.3 Å². The zero-order valence-corrected chi connectivity index (χ0v) is 16.0. The number of nitrogens with one attached hydrogen (secondary N) is 1. The van der Waals surface area contributed by atoms with Crippen LogP contribution in [0.2, 0.25) is 5.02 Å². The van der Waals surface area contributed by atoms with Gasteiger partial charge in [0.05, 0.1) is 0 Å². The minimum atomic E-state index is -0.563. The van der Waals surface area contributed by atoms with E-state index >= 15 is 0 Å². The summed E-state index contributed by atoms with van der Waals surface area (Å²) in [5.41, 5.74) is 0.648. The van der Waals surface area contributed by atoms with Crippen LogP contribution in [-0.2, 0) is 9.59 Å². The highest BCUT2D eigenvalue weighted by atomic mass is 35.5. The molecule has 1 aliphatic carbocycles. The minimum absolute atomic E-state index is 0.0726. The lowest BCUT2D eigenvalue weighted by atomic mass is 9.88. The Morgan fingerprint density at radius 3 is 2.58 bits per heavy atom. The van der Waals surface area contributed by atoms with Crippen LogP contribution in [0.4, 0.5) is 0 Å². The maximum atomic E-state index is 13.1. The predicted octanol–water partition coefficient (Wildman–Crippen LogP) is 3.55. The van der Waals surface area contributed by atoms with E-state index in [9.17, 15) is 9.59 Å². The first kappa shape index (κ1) is 18.9. The SMILES string of the molecule is CCCCNC(=O)CN1C(=O)C(c2ccc(Cl)cc2)=NC12CCCCC2. The summed E-state index contributed by atoms with van der Waals surface area (Å²) in [5.74, 6) is -0.260. The van der Waals surface area contributed by atoms with Crippen LogP contribution in [0.3, 0.4) is 0 Å². The van der Waals surface area contributed by atoms with Crippen LogP contribution in [0.5, 0.6) is 0 Å². The van der Waals surface area contributed by atoms with E-state index in [4.69, 9.17) is 16.6 Å². The summed E-state index contributed by atoms with van der Waals surface area (Å²) in [4.78, 5) is 32.0. The van der Waals surface area contributed by atoms with Crippen molar-refractivity contribution in [3.8, 4) is 0 Å². The Labute approximate surface area is 159 Å². The highest BCUT2D eigenvalue weighted by Gasteiger charge is 2.48. The van der Waals surface area contributed by atoms with Crippen molar-refractivity contribution >= 4 is 29.1 Å². The average molecular weight is 376 g/mol. The Bertz CT molecular complexity index is 694. The van der Waals surface area contributed by atoms with Crippen molar-refractivity contribution in [2.75, 3.05) is 13.1 Å². The van der Waals surface area contributed by atoms with Crippen molar-refractivity contribution in [2.24, 2.45) is 4.99 Å². The quantitative estimate of drug-likeness (QED) is 0.773. The van der Waals surface area contributed by atoms with Crippen LogP contribution in [0.25, 0.3) is 0 Å². The number of carbonyl (C=O) groups excluding carboxylic acids is 2. The number of aliphatic imine (C=N–C) groups is 1. The third-order valence-electron chi connectivity index (χ3n) is 5.20. The second-order valence-electron chi connectivity index (χ2n) is 7.11. The van der Waals surface area contributed by atoms with Gasteiger partial charge in [0.2, 0.25) is 5.91 Å². The van der Waals surface area contributed by atoms with Gasteiger partial charge in [0.15, 0.2) is 0 Å². The number of amides is 2. The second kappa shape index (κ2) is 8.21. The van der Waals surface area contributed by atoms with Crippen LogP contribution < -0.4 is 5.32 Å². The number of carbonyl (C=O) groups is 2.